The summed E-state index contributed by atoms with van der Waals surface area (Å²) in [4.78, 5) is 7.05. The first-order valence-corrected chi connectivity index (χ1v) is 8.37. The van der Waals surface area contributed by atoms with Crippen LogP contribution in [-0.4, -0.2) is 36.1 Å². The number of rotatable bonds is 7. The zero-order chi connectivity index (χ0) is 16.7. The van der Waals surface area contributed by atoms with Crippen LogP contribution in [0.1, 0.15) is 31.9 Å². The lowest BCUT2D eigenvalue weighted by atomic mass is 10.1. The van der Waals surface area contributed by atoms with Gasteiger partial charge in [0.2, 0.25) is 0 Å². The normalized spacial score (nSPS) is 16.2. The minimum atomic E-state index is 0.586. The van der Waals surface area contributed by atoms with Crippen molar-refractivity contribution in [3.05, 3.63) is 41.9 Å². The molecular formula is C18H29N5. The van der Waals surface area contributed by atoms with Crippen molar-refractivity contribution in [2.45, 2.75) is 33.1 Å². The highest BCUT2D eigenvalue weighted by atomic mass is 15.1. The molecule has 1 aliphatic heterocycles. The summed E-state index contributed by atoms with van der Waals surface area (Å²) >= 11 is 0. The van der Waals surface area contributed by atoms with Crippen molar-refractivity contribution in [1.29, 1.82) is 0 Å². The summed E-state index contributed by atoms with van der Waals surface area (Å²) in [7, 11) is 0. The van der Waals surface area contributed by atoms with Crippen LogP contribution in [0.15, 0.2) is 36.2 Å². The lowest BCUT2D eigenvalue weighted by molar-refractivity contribution is 0.237. The van der Waals surface area contributed by atoms with E-state index in [2.05, 4.69) is 27.1 Å². The van der Waals surface area contributed by atoms with E-state index < -0.39 is 0 Å². The van der Waals surface area contributed by atoms with Crippen molar-refractivity contribution in [3.63, 3.8) is 0 Å². The fraction of sp³-hybridized carbons (Fsp3) is 0.500. The van der Waals surface area contributed by atoms with Crippen LogP contribution in [0.25, 0.3) is 0 Å². The number of nitrogens with zero attached hydrogens (tertiary/aromatic N) is 2. The molecule has 1 saturated heterocycles. The fourth-order valence-corrected chi connectivity index (χ4v) is 2.82. The number of hydrogen-bond acceptors (Lipinski definition) is 5. The van der Waals surface area contributed by atoms with Crippen LogP contribution in [0.3, 0.4) is 0 Å². The number of nitrogens with one attached hydrogen (secondary N) is 2. The van der Waals surface area contributed by atoms with Crippen LogP contribution < -0.4 is 16.4 Å². The zero-order valence-corrected chi connectivity index (χ0v) is 14.4. The molecule has 126 valence electrons. The first kappa shape index (κ1) is 17.3. The van der Waals surface area contributed by atoms with Crippen LogP contribution >= 0.6 is 0 Å². The minimum absolute atomic E-state index is 0.586. The third-order valence-electron chi connectivity index (χ3n) is 3.83. The number of hydrogen-bond donors (Lipinski definition) is 3. The lowest BCUT2D eigenvalue weighted by Gasteiger charge is -2.26. The van der Waals surface area contributed by atoms with E-state index in [1.807, 2.05) is 32.1 Å². The van der Waals surface area contributed by atoms with Gasteiger partial charge in [-0.1, -0.05) is 18.6 Å². The number of likely N-dealkylation sites (tertiary alicyclic amines) is 1. The van der Waals surface area contributed by atoms with Gasteiger partial charge in [0.25, 0.3) is 0 Å². The minimum Gasteiger partial charge on any atom is -0.385 e. The highest BCUT2D eigenvalue weighted by molar-refractivity contribution is 5.56. The second-order valence-electron chi connectivity index (χ2n) is 6.28. The molecule has 0 aliphatic carbocycles. The Morgan fingerprint density at radius 3 is 2.78 bits per heavy atom. The molecule has 5 heteroatoms. The number of anilines is 2. The Balaban J connectivity index is 1.90. The van der Waals surface area contributed by atoms with Gasteiger partial charge in [0.15, 0.2) is 0 Å². The molecule has 5 nitrogen and oxygen atoms in total. The predicted octanol–water partition coefficient (Wildman–Crippen LogP) is 3.08. The molecule has 0 radical (unpaired) electrons. The van der Waals surface area contributed by atoms with E-state index in [9.17, 15) is 0 Å². The molecule has 0 spiro atoms. The molecule has 23 heavy (non-hydrogen) atoms. The Bertz CT molecular complexity index is 559. The Hall–Kier alpha value is -2.01. The average Bonchev–Trinajstić information content (AvgIpc) is 2.46. The lowest BCUT2D eigenvalue weighted by Crippen LogP contribution is -2.33. The molecule has 0 unspecified atom stereocenters. The van der Waals surface area contributed by atoms with Crippen molar-refractivity contribution >= 4 is 11.5 Å². The fourth-order valence-electron chi connectivity index (χ4n) is 2.82. The molecule has 0 saturated carbocycles. The summed E-state index contributed by atoms with van der Waals surface area (Å²) in [6.45, 7) is 12.1. The Labute approximate surface area is 139 Å². The Morgan fingerprint density at radius 2 is 2.09 bits per heavy atom. The zero-order valence-electron chi connectivity index (χ0n) is 14.4. The van der Waals surface area contributed by atoms with Crippen LogP contribution in [0.5, 0.6) is 0 Å². The molecule has 2 rings (SSSR count). The smallest absolute Gasteiger partial charge is 0.128 e. The SMILES string of the molecule is C=C(C)/C=C(\N)Nc1cc(C)nc(NCCN2CCCCC2)c1. The van der Waals surface area contributed by atoms with E-state index >= 15 is 0 Å². The van der Waals surface area contributed by atoms with Gasteiger partial charge in [-0.25, -0.2) is 4.98 Å². The molecule has 0 amide bonds. The molecule has 1 aromatic rings. The van der Waals surface area contributed by atoms with Crippen molar-refractivity contribution in [2.24, 2.45) is 5.73 Å². The van der Waals surface area contributed by atoms with Gasteiger partial charge in [0, 0.05) is 30.5 Å². The molecule has 1 aromatic heterocycles. The van der Waals surface area contributed by atoms with Gasteiger partial charge in [-0.15, -0.1) is 0 Å². The van der Waals surface area contributed by atoms with E-state index in [0.717, 1.165) is 35.9 Å². The molecule has 0 bridgehead atoms. The van der Waals surface area contributed by atoms with Crippen molar-refractivity contribution in [2.75, 3.05) is 36.8 Å². The van der Waals surface area contributed by atoms with Gasteiger partial charge < -0.3 is 21.3 Å². The van der Waals surface area contributed by atoms with E-state index in [-0.39, 0.29) is 0 Å². The number of nitrogens with two attached hydrogens (primary N) is 1. The largest absolute Gasteiger partial charge is 0.385 e. The topological polar surface area (TPSA) is 66.2 Å². The summed E-state index contributed by atoms with van der Waals surface area (Å²) in [6, 6.07) is 3.97. The third-order valence-corrected chi connectivity index (χ3v) is 3.83. The molecule has 1 aliphatic rings. The number of aromatic nitrogens is 1. The number of aryl methyl sites for hydroxylation is 1. The van der Waals surface area contributed by atoms with Gasteiger partial charge in [0.05, 0.1) is 0 Å². The van der Waals surface area contributed by atoms with E-state index in [1.54, 1.807) is 0 Å². The number of allylic oxidation sites excluding steroid dienone is 2. The van der Waals surface area contributed by atoms with E-state index in [0.29, 0.717) is 5.82 Å². The molecule has 0 aromatic carbocycles. The first-order valence-electron chi connectivity index (χ1n) is 8.37. The highest BCUT2D eigenvalue weighted by Gasteiger charge is 2.09. The third kappa shape index (κ3) is 6.32. The second kappa shape index (κ2) is 8.58. The maximum atomic E-state index is 5.95. The molecule has 2 heterocycles. The maximum absolute atomic E-state index is 5.95. The quantitative estimate of drug-likeness (QED) is 0.675. The van der Waals surface area contributed by atoms with Crippen LogP contribution in [0.4, 0.5) is 11.5 Å². The number of piperidine rings is 1. The molecule has 0 atom stereocenters. The van der Waals surface area contributed by atoms with Crippen LogP contribution in [-0.2, 0) is 0 Å². The predicted molar refractivity (Wildman–Crippen MR) is 98.5 cm³/mol. The summed E-state index contributed by atoms with van der Waals surface area (Å²) < 4.78 is 0. The summed E-state index contributed by atoms with van der Waals surface area (Å²) in [5.74, 6) is 1.47. The van der Waals surface area contributed by atoms with Crippen molar-refractivity contribution < 1.29 is 0 Å². The van der Waals surface area contributed by atoms with Crippen molar-refractivity contribution in [3.8, 4) is 0 Å². The molecule has 4 N–H and O–H groups in total. The average molecular weight is 315 g/mol. The van der Waals surface area contributed by atoms with Crippen LogP contribution in [0, 0.1) is 6.92 Å². The van der Waals surface area contributed by atoms with Crippen LogP contribution in [0.2, 0.25) is 0 Å². The van der Waals surface area contributed by atoms with Gasteiger partial charge in [-0.2, -0.15) is 0 Å². The van der Waals surface area contributed by atoms with Gasteiger partial charge >= 0.3 is 0 Å². The Kier molecular flexibility index (Phi) is 6.47. The standard InChI is InChI=1S/C18H29N5/c1-14(2)11-17(19)22-16-12-15(3)21-18(13-16)20-7-10-23-8-5-4-6-9-23/h11-13H,1,4-10,19H2,2-3H3,(H2,20,21,22)/b17-11+. The molecule has 1 fully saturated rings. The maximum Gasteiger partial charge on any atom is 0.128 e. The van der Waals surface area contributed by atoms with E-state index in [4.69, 9.17) is 5.73 Å². The number of pyridine rings is 1. The summed E-state index contributed by atoms with van der Waals surface area (Å²) in [6.07, 6.45) is 5.84. The molecular weight excluding hydrogens is 286 g/mol. The second-order valence-corrected chi connectivity index (χ2v) is 6.28. The highest BCUT2D eigenvalue weighted by Crippen LogP contribution is 2.16. The summed E-state index contributed by atoms with van der Waals surface area (Å²) in [5.41, 5.74) is 8.76. The first-order chi connectivity index (χ1) is 11.0. The summed E-state index contributed by atoms with van der Waals surface area (Å²) in [5, 5.41) is 6.60. The van der Waals surface area contributed by atoms with E-state index in [1.165, 1.54) is 32.4 Å². The van der Waals surface area contributed by atoms with Gasteiger partial charge in [0.1, 0.15) is 11.6 Å². The Morgan fingerprint density at radius 1 is 1.35 bits per heavy atom. The van der Waals surface area contributed by atoms with Gasteiger partial charge in [-0.3, -0.25) is 0 Å². The monoisotopic (exact) mass is 315 g/mol. The van der Waals surface area contributed by atoms with Gasteiger partial charge in [-0.05, 0) is 51.9 Å². The van der Waals surface area contributed by atoms with Crippen molar-refractivity contribution in [1.82, 2.24) is 9.88 Å².